The van der Waals surface area contributed by atoms with Crippen molar-refractivity contribution in [3.63, 3.8) is 0 Å². The van der Waals surface area contributed by atoms with Crippen molar-refractivity contribution in [3.8, 4) is 5.75 Å². The highest BCUT2D eigenvalue weighted by Crippen LogP contribution is 2.30. The monoisotopic (exact) mass is 241 g/mol. The minimum absolute atomic E-state index is 0.381. The van der Waals surface area contributed by atoms with Gasteiger partial charge in [-0.3, -0.25) is 0 Å². The predicted octanol–water partition coefficient (Wildman–Crippen LogP) is 0.342. The van der Waals surface area contributed by atoms with E-state index in [-0.39, 0.29) is 0 Å². The van der Waals surface area contributed by atoms with Gasteiger partial charge in [0.05, 0.1) is 18.8 Å². The van der Waals surface area contributed by atoms with Crippen LogP contribution in [0.15, 0.2) is 6.33 Å². The first-order valence-corrected chi connectivity index (χ1v) is 5.24. The number of nitrogen functional groups attached to an aromatic ring is 1. The van der Waals surface area contributed by atoms with Crippen molar-refractivity contribution in [2.45, 2.75) is 32.4 Å². The topological polar surface area (TPSA) is 105 Å². The SMILES string of the molecule is COc1c(NN)ncnc1NC(C)(C)C(C)O. The fraction of sp³-hybridized carbons (Fsp3) is 0.600. The summed E-state index contributed by atoms with van der Waals surface area (Å²) in [7, 11) is 1.50. The van der Waals surface area contributed by atoms with E-state index in [1.807, 2.05) is 13.8 Å². The molecule has 0 radical (unpaired) electrons. The fourth-order valence-corrected chi connectivity index (χ4v) is 1.17. The molecule has 5 N–H and O–H groups in total. The van der Waals surface area contributed by atoms with Crippen LogP contribution >= 0.6 is 0 Å². The quantitative estimate of drug-likeness (QED) is 0.435. The second kappa shape index (κ2) is 5.15. The van der Waals surface area contributed by atoms with E-state index in [4.69, 9.17) is 10.6 Å². The maximum absolute atomic E-state index is 9.64. The fourth-order valence-electron chi connectivity index (χ4n) is 1.17. The van der Waals surface area contributed by atoms with Gasteiger partial charge in [0.25, 0.3) is 0 Å². The van der Waals surface area contributed by atoms with Gasteiger partial charge in [-0.15, -0.1) is 0 Å². The number of anilines is 2. The zero-order valence-corrected chi connectivity index (χ0v) is 10.5. The molecule has 7 nitrogen and oxygen atoms in total. The van der Waals surface area contributed by atoms with Crippen LogP contribution in [0.3, 0.4) is 0 Å². The van der Waals surface area contributed by atoms with Gasteiger partial charge in [-0.2, -0.15) is 0 Å². The molecule has 1 heterocycles. The third-order valence-corrected chi connectivity index (χ3v) is 2.63. The van der Waals surface area contributed by atoms with Crippen LogP contribution < -0.4 is 21.3 Å². The maximum Gasteiger partial charge on any atom is 0.205 e. The van der Waals surface area contributed by atoms with E-state index in [0.717, 1.165) is 0 Å². The average molecular weight is 241 g/mol. The number of nitrogens with two attached hydrogens (primary N) is 1. The van der Waals surface area contributed by atoms with Gasteiger partial charge in [0.15, 0.2) is 11.6 Å². The van der Waals surface area contributed by atoms with Crippen LogP contribution in [0.4, 0.5) is 11.6 Å². The normalized spacial score (nSPS) is 13.1. The molecule has 0 spiro atoms. The molecule has 1 unspecified atom stereocenters. The van der Waals surface area contributed by atoms with Crippen LogP contribution in [-0.4, -0.2) is 33.8 Å². The van der Waals surface area contributed by atoms with Gasteiger partial charge < -0.3 is 20.6 Å². The van der Waals surface area contributed by atoms with Crippen LogP contribution in [-0.2, 0) is 0 Å². The van der Waals surface area contributed by atoms with Crippen molar-refractivity contribution in [1.29, 1.82) is 0 Å². The van der Waals surface area contributed by atoms with E-state index in [2.05, 4.69) is 20.7 Å². The summed E-state index contributed by atoms with van der Waals surface area (Å²) < 4.78 is 5.18. The van der Waals surface area contributed by atoms with Gasteiger partial charge in [-0.1, -0.05) is 0 Å². The smallest absolute Gasteiger partial charge is 0.205 e. The van der Waals surface area contributed by atoms with E-state index in [1.165, 1.54) is 13.4 Å². The number of rotatable bonds is 5. The third kappa shape index (κ3) is 2.95. The lowest BCUT2D eigenvalue weighted by Crippen LogP contribution is -2.42. The van der Waals surface area contributed by atoms with E-state index in [9.17, 15) is 5.11 Å². The molecule has 0 saturated heterocycles. The summed E-state index contributed by atoms with van der Waals surface area (Å²) in [4.78, 5) is 8.00. The number of nitrogens with zero attached hydrogens (tertiary/aromatic N) is 2. The zero-order chi connectivity index (χ0) is 13.1. The van der Waals surface area contributed by atoms with Crippen LogP contribution in [0.2, 0.25) is 0 Å². The second-order valence-electron chi connectivity index (χ2n) is 4.27. The average Bonchev–Trinajstić information content (AvgIpc) is 2.27. The molecule has 17 heavy (non-hydrogen) atoms. The van der Waals surface area contributed by atoms with Crippen molar-refractivity contribution in [2.75, 3.05) is 17.9 Å². The summed E-state index contributed by atoms with van der Waals surface area (Å²) in [6.45, 7) is 5.41. The summed E-state index contributed by atoms with van der Waals surface area (Å²) in [5, 5.41) is 12.7. The Bertz CT molecular complexity index is 381. The molecule has 7 heteroatoms. The number of nitrogens with one attached hydrogen (secondary N) is 2. The highest BCUT2D eigenvalue weighted by Gasteiger charge is 2.26. The number of hydrazine groups is 1. The Kier molecular flexibility index (Phi) is 4.08. The first kappa shape index (κ1) is 13.5. The Balaban J connectivity index is 3.06. The van der Waals surface area contributed by atoms with Crippen molar-refractivity contribution >= 4 is 11.6 Å². The highest BCUT2D eigenvalue weighted by molar-refractivity contribution is 5.63. The Labute approximate surface area is 100 Å². The molecule has 96 valence electrons. The number of aliphatic hydroxyl groups excluding tert-OH is 1. The lowest BCUT2D eigenvalue weighted by molar-refractivity contribution is 0.132. The van der Waals surface area contributed by atoms with Gasteiger partial charge in [0.2, 0.25) is 5.75 Å². The molecule has 0 aliphatic rings. The molecular weight excluding hydrogens is 222 g/mol. The molecular formula is C10H19N5O2. The third-order valence-electron chi connectivity index (χ3n) is 2.63. The molecule has 0 aliphatic heterocycles. The second-order valence-corrected chi connectivity index (χ2v) is 4.27. The molecule has 0 aliphatic carbocycles. The summed E-state index contributed by atoms with van der Waals surface area (Å²) in [5.41, 5.74) is 1.88. The summed E-state index contributed by atoms with van der Waals surface area (Å²) in [6, 6.07) is 0. The van der Waals surface area contributed by atoms with Gasteiger partial charge in [-0.25, -0.2) is 15.8 Å². The molecule has 1 atom stereocenters. The molecule has 0 aromatic carbocycles. The highest BCUT2D eigenvalue weighted by atomic mass is 16.5. The minimum Gasteiger partial charge on any atom is -0.490 e. The molecule has 0 bridgehead atoms. The van der Waals surface area contributed by atoms with Gasteiger partial charge >= 0.3 is 0 Å². The first-order chi connectivity index (χ1) is 7.92. The standard InChI is InChI=1S/C10H19N5O2/c1-6(16)10(2,3)14-8-7(17-4)9(15-11)13-5-12-8/h5-6,16H,11H2,1-4H3,(H2,12,13,14,15). The number of ether oxygens (including phenoxy) is 1. The number of hydrogen-bond donors (Lipinski definition) is 4. The van der Waals surface area contributed by atoms with Gasteiger partial charge in [-0.05, 0) is 20.8 Å². The number of aromatic nitrogens is 2. The maximum atomic E-state index is 9.64. The van der Waals surface area contributed by atoms with Gasteiger partial charge in [0.1, 0.15) is 6.33 Å². The Morgan fingerprint density at radius 1 is 1.41 bits per heavy atom. The minimum atomic E-state index is -0.559. The summed E-state index contributed by atoms with van der Waals surface area (Å²) in [6.07, 6.45) is 0.800. The summed E-state index contributed by atoms with van der Waals surface area (Å²) in [5.74, 6) is 6.58. The molecule has 0 fully saturated rings. The molecule has 1 rings (SSSR count). The molecule has 1 aromatic heterocycles. The molecule has 0 saturated carbocycles. The van der Waals surface area contributed by atoms with Crippen molar-refractivity contribution < 1.29 is 9.84 Å². The zero-order valence-electron chi connectivity index (χ0n) is 10.5. The van der Waals surface area contributed by atoms with Crippen LogP contribution in [0.1, 0.15) is 20.8 Å². The van der Waals surface area contributed by atoms with Crippen LogP contribution in [0.25, 0.3) is 0 Å². The Morgan fingerprint density at radius 2 is 2.00 bits per heavy atom. The molecule has 0 amide bonds. The molecule has 1 aromatic rings. The Morgan fingerprint density at radius 3 is 2.47 bits per heavy atom. The van der Waals surface area contributed by atoms with Crippen LogP contribution in [0.5, 0.6) is 5.75 Å². The summed E-state index contributed by atoms with van der Waals surface area (Å²) >= 11 is 0. The largest absolute Gasteiger partial charge is 0.490 e. The van der Waals surface area contributed by atoms with Crippen molar-refractivity contribution in [1.82, 2.24) is 9.97 Å². The van der Waals surface area contributed by atoms with E-state index in [0.29, 0.717) is 17.4 Å². The Hall–Kier alpha value is -1.60. The first-order valence-electron chi connectivity index (χ1n) is 5.24. The van der Waals surface area contributed by atoms with Crippen molar-refractivity contribution in [3.05, 3.63) is 6.33 Å². The number of methoxy groups -OCH3 is 1. The van der Waals surface area contributed by atoms with Crippen LogP contribution in [0, 0.1) is 0 Å². The van der Waals surface area contributed by atoms with E-state index < -0.39 is 11.6 Å². The predicted molar refractivity (Wildman–Crippen MR) is 65.8 cm³/mol. The lowest BCUT2D eigenvalue weighted by Gasteiger charge is -2.30. The van der Waals surface area contributed by atoms with E-state index in [1.54, 1.807) is 6.92 Å². The number of hydrogen-bond acceptors (Lipinski definition) is 7. The number of aliphatic hydroxyl groups is 1. The van der Waals surface area contributed by atoms with Gasteiger partial charge in [0, 0.05) is 0 Å². The lowest BCUT2D eigenvalue weighted by atomic mass is 9.99. The van der Waals surface area contributed by atoms with E-state index >= 15 is 0 Å². The van der Waals surface area contributed by atoms with Crippen molar-refractivity contribution in [2.24, 2.45) is 5.84 Å².